The summed E-state index contributed by atoms with van der Waals surface area (Å²) in [7, 11) is 0. The molecule has 0 spiro atoms. The first-order chi connectivity index (χ1) is 11.6. The molecule has 4 nitrogen and oxygen atoms in total. The number of carbonyl (C=O) groups excluding carboxylic acids is 1. The number of hydrogen-bond donors (Lipinski definition) is 1. The molecule has 0 aliphatic heterocycles. The number of benzene rings is 2. The molecule has 0 saturated carbocycles. The zero-order valence-corrected chi connectivity index (χ0v) is 15.5. The topological polar surface area (TPSA) is 51.2 Å². The fourth-order valence-electron chi connectivity index (χ4n) is 1.97. The zero-order chi connectivity index (χ0) is 16.9. The van der Waals surface area contributed by atoms with Crippen LogP contribution in [0.25, 0.3) is 11.3 Å². The van der Waals surface area contributed by atoms with E-state index in [0.717, 1.165) is 15.7 Å². The van der Waals surface area contributed by atoms with Crippen molar-refractivity contribution in [2.75, 3.05) is 11.9 Å². The summed E-state index contributed by atoms with van der Waals surface area (Å²) in [6.45, 7) is -0.129. The normalized spacial score (nSPS) is 10.4. The van der Waals surface area contributed by atoms with Gasteiger partial charge in [-0.05, 0) is 24.3 Å². The molecule has 1 amide bonds. The summed E-state index contributed by atoms with van der Waals surface area (Å²) in [6, 6.07) is 14.8. The fourth-order valence-corrected chi connectivity index (χ4v) is 3.30. The smallest absolute Gasteiger partial charge is 0.264 e. The van der Waals surface area contributed by atoms with Crippen LogP contribution in [0.5, 0.6) is 5.75 Å². The zero-order valence-electron chi connectivity index (χ0n) is 12.3. The van der Waals surface area contributed by atoms with Gasteiger partial charge in [0.1, 0.15) is 5.75 Å². The summed E-state index contributed by atoms with van der Waals surface area (Å²) < 4.78 is 6.38. The van der Waals surface area contributed by atoms with E-state index in [1.165, 1.54) is 11.3 Å². The van der Waals surface area contributed by atoms with Gasteiger partial charge < -0.3 is 4.74 Å². The maximum absolute atomic E-state index is 12.0. The summed E-state index contributed by atoms with van der Waals surface area (Å²) in [6.07, 6.45) is 0. The summed E-state index contributed by atoms with van der Waals surface area (Å²) in [4.78, 5) is 16.4. The van der Waals surface area contributed by atoms with Gasteiger partial charge in [-0.3, -0.25) is 10.1 Å². The molecule has 7 heteroatoms. The third kappa shape index (κ3) is 4.35. The van der Waals surface area contributed by atoms with Crippen LogP contribution in [0.15, 0.2) is 58.4 Å². The first-order valence-electron chi connectivity index (χ1n) is 7.00. The number of nitrogens with zero attached hydrogens (tertiary/aromatic N) is 1. The van der Waals surface area contributed by atoms with Gasteiger partial charge >= 0.3 is 0 Å². The molecule has 1 heterocycles. The highest BCUT2D eigenvalue weighted by atomic mass is 79.9. The van der Waals surface area contributed by atoms with E-state index >= 15 is 0 Å². The average molecular weight is 424 g/mol. The number of amides is 1. The minimum absolute atomic E-state index is 0.129. The number of hydrogen-bond acceptors (Lipinski definition) is 4. The molecule has 0 aliphatic carbocycles. The minimum Gasteiger partial charge on any atom is -0.482 e. The second-order valence-electron chi connectivity index (χ2n) is 4.82. The quantitative estimate of drug-likeness (QED) is 0.610. The highest BCUT2D eigenvalue weighted by Crippen LogP contribution is 2.27. The summed E-state index contributed by atoms with van der Waals surface area (Å²) in [5.41, 5.74) is 1.79. The number of thiazole rings is 1. The number of rotatable bonds is 5. The molecule has 3 aromatic rings. The molecule has 0 bridgehead atoms. The molecule has 0 unspecified atom stereocenters. The Hall–Kier alpha value is -1.89. The number of para-hydroxylation sites is 1. The average Bonchev–Trinajstić information content (AvgIpc) is 3.02. The van der Waals surface area contributed by atoms with Crippen molar-refractivity contribution in [3.63, 3.8) is 0 Å². The molecule has 122 valence electrons. The van der Waals surface area contributed by atoms with Gasteiger partial charge in [0.25, 0.3) is 5.91 Å². The van der Waals surface area contributed by atoms with Crippen molar-refractivity contribution in [1.82, 2.24) is 4.98 Å². The third-order valence-electron chi connectivity index (χ3n) is 3.07. The number of carbonyl (C=O) groups is 1. The number of aromatic nitrogens is 1. The molecule has 24 heavy (non-hydrogen) atoms. The van der Waals surface area contributed by atoms with Crippen molar-refractivity contribution in [3.05, 3.63) is 63.4 Å². The minimum atomic E-state index is -0.287. The van der Waals surface area contributed by atoms with Crippen molar-refractivity contribution in [2.24, 2.45) is 0 Å². The van der Waals surface area contributed by atoms with Crippen molar-refractivity contribution in [3.8, 4) is 17.0 Å². The van der Waals surface area contributed by atoms with Crippen molar-refractivity contribution < 1.29 is 9.53 Å². The van der Waals surface area contributed by atoms with Gasteiger partial charge in [-0.1, -0.05) is 51.8 Å². The second-order valence-corrected chi connectivity index (χ2v) is 7.00. The lowest BCUT2D eigenvalue weighted by Crippen LogP contribution is -2.20. The van der Waals surface area contributed by atoms with Gasteiger partial charge in [0, 0.05) is 15.4 Å². The Morgan fingerprint density at radius 2 is 2.08 bits per heavy atom. The molecule has 0 fully saturated rings. The Morgan fingerprint density at radius 1 is 1.25 bits per heavy atom. The predicted molar refractivity (Wildman–Crippen MR) is 101 cm³/mol. The summed E-state index contributed by atoms with van der Waals surface area (Å²) in [5, 5.41) is 5.61. The van der Waals surface area contributed by atoms with E-state index in [4.69, 9.17) is 16.3 Å². The van der Waals surface area contributed by atoms with E-state index in [9.17, 15) is 4.79 Å². The number of ether oxygens (including phenoxy) is 1. The first-order valence-corrected chi connectivity index (χ1v) is 9.05. The number of halogens is 2. The highest BCUT2D eigenvalue weighted by molar-refractivity contribution is 9.10. The van der Waals surface area contributed by atoms with Crippen LogP contribution in [0.4, 0.5) is 5.13 Å². The monoisotopic (exact) mass is 422 g/mol. The van der Waals surface area contributed by atoms with Crippen molar-refractivity contribution >= 4 is 49.9 Å². The van der Waals surface area contributed by atoms with Crippen LogP contribution in [0, 0.1) is 0 Å². The highest BCUT2D eigenvalue weighted by Gasteiger charge is 2.10. The van der Waals surface area contributed by atoms with Gasteiger partial charge in [-0.15, -0.1) is 11.3 Å². The summed E-state index contributed by atoms with van der Waals surface area (Å²) >= 11 is 10.8. The molecule has 2 aromatic carbocycles. The molecule has 0 aliphatic rings. The Balaban J connectivity index is 1.60. The van der Waals surface area contributed by atoms with Crippen molar-refractivity contribution in [2.45, 2.75) is 0 Å². The van der Waals surface area contributed by atoms with Crippen LogP contribution in [0.3, 0.4) is 0 Å². The van der Waals surface area contributed by atoms with Gasteiger partial charge in [-0.25, -0.2) is 4.98 Å². The molecule has 1 N–H and O–H groups in total. The van der Waals surface area contributed by atoms with E-state index in [0.29, 0.717) is 15.9 Å². The van der Waals surface area contributed by atoms with Gasteiger partial charge in [0.2, 0.25) is 0 Å². The van der Waals surface area contributed by atoms with E-state index in [1.54, 1.807) is 24.3 Å². The predicted octanol–water partition coefficient (Wildman–Crippen LogP) is 5.24. The number of anilines is 1. The Bertz CT molecular complexity index is 869. The largest absolute Gasteiger partial charge is 0.482 e. The van der Waals surface area contributed by atoms with Gasteiger partial charge in [-0.2, -0.15) is 0 Å². The third-order valence-corrected chi connectivity index (χ3v) is 4.63. The molecule has 0 radical (unpaired) electrons. The van der Waals surface area contributed by atoms with Gasteiger partial charge in [0.15, 0.2) is 11.7 Å². The van der Waals surface area contributed by atoms with E-state index in [1.807, 2.05) is 29.6 Å². The molecular formula is C17H12BrClN2O2S. The molecule has 1 aromatic heterocycles. The fraction of sp³-hybridized carbons (Fsp3) is 0.0588. The molecular weight excluding hydrogens is 412 g/mol. The molecule has 0 atom stereocenters. The second kappa shape index (κ2) is 7.79. The Morgan fingerprint density at radius 3 is 2.88 bits per heavy atom. The Kier molecular flexibility index (Phi) is 5.50. The Labute approximate surface area is 156 Å². The maximum Gasteiger partial charge on any atom is 0.264 e. The van der Waals surface area contributed by atoms with Crippen LogP contribution in [0.1, 0.15) is 0 Å². The van der Waals surface area contributed by atoms with Crippen LogP contribution in [-0.2, 0) is 4.79 Å². The summed E-state index contributed by atoms with van der Waals surface area (Å²) in [5.74, 6) is 0.188. The van der Waals surface area contributed by atoms with Crippen LogP contribution >= 0.6 is 38.9 Å². The van der Waals surface area contributed by atoms with Crippen molar-refractivity contribution in [1.29, 1.82) is 0 Å². The van der Waals surface area contributed by atoms with Gasteiger partial charge in [0.05, 0.1) is 10.7 Å². The standard InChI is InChI=1S/C17H12BrClN2O2S/c18-12-5-3-4-11(8-12)14-10-24-17(20-14)21-16(22)9-23-15-7-2-1-6-13(15)19/h1-8,10H,9H2,(H,20,21,22). The van der Waals surface area contributed by atoms with E-state index in [-0.39, 0.29) is 12.5 Å². The van der Waals surface area contributed by atoms with Crippen LogP contribution in [-0.4, -0.2) is 17.5 Å². The van der Waals surface area contributed by atoms with Crippen LogP contribution in [0.2, 0.25) is 5.02 Å². The lowest BCUT2D eigenvalue weighted by atomic mass is 10.2. The molecule has 3 rings (SSSR count). The first kappa shape index (κ1) is 17.0. The number of nitrogens with one attached hydrogen (secondary N) is 1. The van der Waals surface area contributed by atoms with E-state index in [2.05, 4.69) is 26.2 Å². The SMILES string of the molecule is O=C(COc1ccccc1Cl)Nc1nc(-c2cccc(Br)c2)cs1. The van der Waals surface area contributed by atoms with Crippen LogP contribution < -0.4 is 10.1 Å². The van der Waals surface area contributed by atoms with E-state index < -0.39 is 0 Å². The lowest BCUT2D eigenvalue weighted by Gasteiger charge is -2.07. The maximum atomic E-state index is 12.0. The molecule has 0 saturated heterocycles. The lowest BCUT2D eigenvalue weighted by molar-refractivity contribution is -0.118.